The maximum atomic E-state index is 11.6. The molecule has 1 atom stereocenters. The first-order chi connectivity index (χ1) is 8.76. The van der Waals surface area contributed by atoms with Gasteiger partial charge in [0.25, 0.3) is 5.56 Å². The second-order valence-corrected chi connectivity index (χ2v) is 5.38. The number of hydrogen-bond donors (Lipinski definition) is 2. The molecule has 0 amide bonds. The van der Waals surface area contributed by atoms with Crippen molar-refractivity contribution < 1.29 is 5.11 Å². The molecule has 1 saturated carbocycles. The Labute approximate surface area is 106 Å². The first-order valence-electron chi connectivity index (χ1n) is 6.73. The monoisotopic (exact) mass is 249 g/mol. The van der Waals surface area contributed by atoms with Crippen molar-refractivity contribution in [2.24, 2.45) is 5.92 Å². The van der Waals surface area contributed by atoms with Crippen LogP contribution >= 0.6 is 0 Å². The summed E-state index contributed by atoms with van der Waals surface area (Å²) < 4.78 is 0. The van der Waals surface area contributed by atoms with Gasteiger partial charge < -0.3 is 15.0 Å². The Bertz CT molecular complexity index is 481. The zero-order chi connectivity index (χ0) is 12.5. The van der Waals surface area contributed by atoms with E-state index in [1.165, 1.54) is 0 Å². The first kappa shape index (κ1) is 11.7. The van der Waals surface area contributed by atoms with Gasteiger partial charge in [-0.1, -0.05) is 0 Å². The zero-order valence-corrected chi connectivity index (χ0v) is 10.4. The van der Waals surface area contributed by atoms with Gasteiger partial charge in [0.2, 0.25) is 0 Å². The van der Waals surface area contributed by atoms with Gasteiger partial charge in [-0.05, 0) is 31.6 Å². The topological polar surface area (TPSA) is 69.2 Å². The molecule has 0 radical (unpaired) electrons. The van der Waals surface area contributed by atoms with Gasteiger partial charge in [-0.25, -0.2) is 4.98 Å². The van der Waals surface area contributed by atoms with Crippen molar-refractivity contribution >= 4 is 5.82 Å². The molecule has 18 heavy (non-hydrogen) atoms. The number of rotatable bonds is 4. The molecule has 98 valence electrons. The second kappa shape index (κ2) is 4.72. The lowest BCUT2D eigenvalue weighted by atomic mass is 10.1. The summed E-state index contributed by atoms with van der Waals surface area (Å²) in [6.45, 7) is 2.08. The summed E-state index contributed by atoms with van der Waals surface area (Å²) in [5.74, 6) is 2.65. The fourth-order valence-electron chi connectivity index (χ4n) is 2.63. The van der Waals surface area contributed by atoms with Crippen molar-refractivity contribution in [3.8, 4) is 0 Å². The predicted molar refractivity (Wildman–Crippen MR) is 68.9 cm³/mol. The number of anilines is 1. The molecule has 1 unspecified atom stereocenters. The Morgan fingerprint density at radius 2 is 2.28 bits per heavy atom. The highest BCUT2D eigenvalue weighted by Gasteiger charge is 2.28. The summed E-state index contributed by atoms with van der Waals surface area (Å²) in [5.41, 5.74) is -0.0486. The third-order valence-corrected chi connectivity index (χ3v) is 3.86. The Kier molecular flexibility index (Phi) is 3.07. The van der Waals surface area contributed by atoms with Crippen LogP contribution in [0.3, 0.4) is 0 Å². The summed E-state index contributed by atoms with van der Waals surface area (Å²) in [7, 11) is 0. The van der Waals surface area contributed by atoms with Crippen LogP contribution in [-0.2, 0) is 0 Å². The van der Waals surface area contributed by atoms with Crippen molar-refractivity contribution in [3.63, 3.8) is 0 Å². The number of nitrogens with zero attached hydrogens (tertiary/aromatic N) is 2. The van der Waals surface area contributed by atoms with Gasteiger partial charge in [0.15, 0.2) is 0 Å². The van der Waals surface area contributed by atoms with Crippen LogP contribution in [0.25, 0.3) is 0 Å². The number of H-pyrrole nitrogens is 1. The molecule has 3 rings (SSSR count). The van der Waals surface area contributed by atoms with E-state index in [9.17, 15) is 4.79 Å². The molecule has 1 saturated heterocycles. The highest BCUT2D eigenvalue weighted by atomic mass is 16.3. The number of nitrogens with one attached hydrogen (secondary N) is 1. The molecule has 2 aliphatic rings. The molecule has 2 N–H and O–H groups in total. The lowest BCUT2D eigenvalue weighted by Crippen LogP contribution is -2.24. The highest BCUT2D eigenvalue weighted by molar-refractivity contribution is 5.39. The summed E-state index contributed by atoms with van der Waals surface area (Å²) in [6.07, 6.45) is 4.20. The van der Waals surface area contributed by atoms with Gasteiger partial charge in [-0.2, -0.15) is 0 Å². The average molecular weight is 249 g/mol. The number of aromatic amines is 1. The number of aromatic nitrogens is 2. The molecule has 5 nitrogen and oxygen atoms in total. The van der Waals surface area contributed by atoms with Crippen molar-refractivity contribution in [2.75, 3.05) is 24.6 Å². The SMILES string of the molecule is O=c1cc(N2CCC(CCO)C2)nc(C2CC2)[nH]1. The third kappa shape index (κ3) is 2.41. The molecule has 1 aromatic rings. The molecule has 5 heteroatoms. The third-order valence-electron chi connectivity index (χ3n) is 3.86. The first-order valence-corrected chi connectivity index (χ1v) is 6.73. The molecule has 1 aromatic heterocycles. The van der Waals surface area contributed by atoms with E-state index in [4.69, 9.17) is 5.11 Å². The second-order valence-electron chi connectivity index (χ2n) is 5.38. The largest absolute Gasteiger partial charge is 0.396 e. The fraction of sp³-hybridized carbons (Fsp3) is 0.692. The van der Waals surface area contributed by atoms with Crippen LogP contribution in [0.2, 0.25) is 0 Å². The molecule has 0 bridgehead atoms. The van der Waals surface area contributed by atoms with Crippen molar-refractivity contribution in [2.45, 2.75) is 31.6 Å². The zero-order valence-electron chi connectivity index (χ0n) is 10.4. The Balaban J connectivity index is 1.77. The van der Waals surface area contributed by atoms with Crippen LogP contribution in [0, 0.1) is 5.92 Å². The lowest BCUT2D eigenvalue weighted by Gasteiger charge is -2.17. The van der Waals surface area contributed by atoms with Gasteiger partial charge in [0.05, 0.1) is 0 Å². The Hall–Kier alpha value is -1.36. The molecule has 0 spiro atoms. The minimum atomic E-state index is -0.0486. The molecule has 2 fully saturated rings. The van der Waals surface area contributed by atoms with E-state index in [-0.39, 0.29) is 12.2 Å². The van der Waals surface area contributed by atoms with E-state index in [0.29, 0.717) is 11.8 Å². The van der Waals surface area contributed by atoms with E-state index >= 15 is 0 Å². The number of aliphatic hydroxyl groups excluding tert-OH is 1. The van der Waals surface area contributed by atoms with Crippen molar-refractivity contribution in [3.05, 3.63) is 22.2 Å². The van der Waals surface area contributed by atoms with Gasteiger partial charge in [0, 0.05) is 31.7 Å². The number of aliphatic hydroxyl groups is 1. The lowest BCUT2D eigenvalue weighted by molar-refractivity contribution is 0.263. The van der Waals surface area contributed by atoms with Gasteiger partial charge in [-0.15, -0.1) is 0 Å². The Morgan fingerprint density at radius 1 is 1.44 bits per heavy atom. The summed E-state index contributed by atoms with van der Waals surface area (Å²) in [5, 5.41) is 8.96. The minimum Gasteiger partial charge on any atom is -0.396 e. The molecule has 0 aromatic carbocycles. The van der Waals surface area contributed by atoms with E-state index in [1.54, 1.807) is 6.07 Å². The van der Waals surface area contributed by atoms with Gasteiger partial charge in [0.1, 0.15) is 11.6 Å². The van der Waals surface area contributed by atoms with Crippen LogP contribution in [0.1, 0.15) is 37.4 Å². The van der Waals surface area contributed by atoms with E-state index < -0.39 is 0 Å². The molecule has 1 aliphatic heterocycles. The fourth-order valence-corrected chi connectivity index (χ4v) is 2.63. The maximum Gasteiger partial charge on any atom is 0.252 e. The molecule has 1 aliphatic carbocycles. The van der Waals surface area contributed by atoms with Crippen molar-refractivity contribution in [1.82, 2.24) is 9.97 Å². The minimum absolute atomic E-state index is 0.0486. The maximum absolute atomic E-state index is 11.6. The smallest absolute Gasteiger partial charge is 0.252 e. The van der Waals surface area contributed by atoms with Crippen LogP contribution < -0.4 is 10.5 Å². The normalized spacial score (nSPS) is 23.6. The van der Waals surface area contributed by atoms with Crippen LogP contribution in [0.5, 0.6) is 0 Å². The summed E-state index contributed by atoms with van der Waals surface area (Å²) in [4.78, 5) is 21.2. The predicted octanol–water partition coefficient (Wildman–Crippen LogP) is 0.856. The summed E-state index contributed by atoms with van der Waals surface area (Å²) in [6, 6.07) is 1.59. The highest BCUT2D eigenvalue weighted by Crippen LogP contribution is 2.38. The Morgan fingerprint density at radius 3 is 3.00 bits per heavy atom. The number of hydrogen-bond acceptors (Lipinski definition) is 4. The quantitative estimate of drug-likeness (QED) is 0.830. The standard InChI is InChI=1S/C13H19N3O2/c17-6-4-9-3-5-16(8-9)11-7-12(18)15-13(14-11)10-1-2-10/h7,9-10,17H,1-6,8H2,(H,14,15,18). The van der Waals surface area contributed by atoms with Crippen LogP contribution in [0.15, 0.2) is 10.9 Å². The van der Waals surface area contributed by atoms with E-state index in [0.717, 1.165) is 50.4 Å². The van der Waals surface area contributed by atoms with E-state index in [2.05, 4.69) is 14.9 Å². The van der Waals surface area contributed by atoms with Gasteiger partial charge in [-0.3, -0.25) is 4.79 Å². The van der Waals surface area contributed by atoms with E-state index in [1.807, 2.05) is 0 Å². The average Bonchev–Trinajstić information content (AvgIpc) is 3.10. The summed E-state index contributed by atoms with van der Waals surface area (Å²) >= 11 is 0. The van der Waals surface area contributed by atoms with Crippen molar-refractivity contribution in [1.29, 1.82) is 0 Å². The molecular formula is C13H19N3O2. The van der Waals surface area contributed by atoms with Crippen LogP contribution in [-0.4, -0.2) is 34.8 Å². The molecule has 2 heterocycles. The molecular weight excluding hydrogens is 230 g/mol. The van der Waals surface area contributed by atoms with Gasteiger partial charge >= 0.3 is 0 Å². The van der Waals surface area contributed by atoms with Crippen LogP contribution in [0.4, 0.5) is 5.82 Å².